The Balaban J connectivity index is 1.40. The standard InChI is InChI=1S/C19H23N5OS/c1-23-18-17(10-22-23)19(21-14-20-18)26-13-16-12-24(8-5-9-25-16)11-15-6-3-2-4-7-15/h2-4,6-7,10,14,16H,5,8-9,11-13H2,1H3/t16-/m0/s1. The Labute approximate surface area is 157 Å². The fourth-order valence-corrected chi connectivity index (χ4v) is 4.25. The quantitative estimate of drug-likeness (QED) is 0.509. The number of rotatable bonds is 5. The van der Waals surface area contributed by atoms with Gasteiger partial charge in [0.25, 0.3) is 0 Å². The summed E-state index contributed by atoms with van der Waals surface area (Å²) in [5.41, 5.74) is 2.23. The fourth-order valence-electron chi connectivity index (χ4n) is 3.28. The molecule has 1 saturated heterocycles. The molecule has 1 aliphatic rings. The molecule has 136 valence electrons. The third-order valence-electron chi connectivity index (χ3n) is 4.58. The molecule has 3 heterocycles. The van der Waals surface area contributed by atoms with Crippen molar-refractivity contribution in [1.29, 1.82) is 0 Å². The first kappa shape index (κ1) is 17.5. The van der Waals surface area contributed by atoms with E-state index in [0.29, 0.717) is 0 Å². The Hall–Kier alpha value is -1.96. The molecule has 1 aliphatic heterocycles. The number of ether oxygens (including phenoxy) is 1. The van der Waals surface area contributed by atoms with Crippen molar-refractivity contribution in [1.82, 2.24) is 24.6 Å². The molecule has 0 unspecified atom stereocenters. The number of hydrogen-bond acceptors (Lipinski definition) is 6. The smallest absolute Gasteiger partial charge is 0.162 e. The average Bonchev–Trinajstić information content (AvgIpc) is 2.91. The van der Waals surface area contributed by atoms with Gasteiger partial charge in [0.2, 0.25) is 0 Å². The maximum atomic E-state index is 6.08. The second kappa shape index (κ2) is 8.16. The highest BCUT2D eigenvalue weighted by atomic mass is 32.2. The first-order valence-corrected chi connectivity index (χ1v) is 9.91. The molecule has 0 aliphatic carbocycles. The summed E-state index contributed by atoms with van der Waals surface area (Å²) in [4.78, 5) is 11.2. The largest absolute Gasteiger partial charge is 0.376 e. The number of fused-ring (bicyclic) bond motifs is 1. The molecule has 0 spiro atoms. The van der Waals surface area contributed by atoms with Crippen molar-refractivity contribution in [2.45, 2.75) is 24.1 Å². The molecule has 0 N–H and O–H groups in total. The van der Waals surface area contributed by atoms with Crippen LogP contribution in [0.15, 0.2) is 47.9 Å². The molecule has 1 atom stereocenters. The van der Waals surface area contributed by atoms with E-state index in [2.05, 4.69) is 50.3 Å². The summed E-state index contributed by atoms with van der Waals surface area (Å²) < 4.78 is 7.87. The lowest BCUT2D eigenvalue weighted by atomic mass is 10.2. The summed E-state index contributed by atoms with van der Waals surface area (Å²) in [6.07, 6.45) is 4.73. The highest BCUT2D eigenvalue weighted by molar-refractivity contribution is 7.99. The van der Waals surface area contributed by atoms with Gasteiger partial charge in [-0.1, -0.05) is 30.3 Å². The summed E-state index contributed by atoms with van der Waals surface area (Å²) in [5, 5.41) is 6.27. The fraction of sp³-hybridized carbons (Fsp3) is 0.421. The maximum Gasteiger partial charge on any atom is 0.162 e. The lowest BCUT2D eigenvalue weighted by molar-refractivity contribution is 0.0700. The third kappa shape index (κ3) is 4.06. The van der Waals surface area contributed by atoms with E-state index in [0.717, 1.165) is 54.5 Å². The second-order valence-corrected chi connectivity index (χ2v) is 7.57. The minimum absolute atomic E-state index is 0.202. The van der Waals surface area contributed by atoms with Crippen LogP contribution in [-0.2, 0) is 18.3 Å². The second-order valence-electron chi connectivity index (χ2n) is 6.56. The molecule has 0 amide bonds. The topological polar surface area (TPSA) is 56.1 Å². The Bertz CT molecular complexity index is 854. The minimum Gasteiger partial charge on any atom is -0.376 e. The van der Waals surface area contributed by atoms with Crippen LogP contribution in [0.1, 0.15) is 12.0 Å². The van der Waals surface area contributed by atoms with Gasteiger partial charge in [-0.2, -0.15) is 5.10 Å². The van der Waals surface area contributed by atoms with E-state index in [-0.39, 0.29) is 6.10 Å². The lowest BCUT2D eigenvalue weighted by Crippen LogP contribution is -2.32. The van der Waals surface area contributed by atoms with Gasteiger partial charge >= 0.3 is 0 Å². The summed E-state index contributed by atoms with van der Waals surface area (Å²) in [6.45, 7) is 3.83. The number of nitrogens with zero attached hydrogens (tertiary/aromatic N) is 5. The Morgan fingerprint density at radius 2 is 2.12 bits per heavy atom. The molecule has 4 rings (SSSR count). The van der Waals surface area contributed by atoms with E-state index in [1.165, 1.54) is 5.56 Å². The zero-order chi connectivity index (χ0) is 17.8. The van der Waals surface area contributed by atoms with Crippen LogP contribution in [0.4, 0.5) is 0 Å². The van der Waals surface area contributed by atoms with E-state index in [1.807, 2.05) is 13.2 Å². The van der Waals surface area contributed by atoms with Crippen LogP contribution in [0.3, 0.4) is 0 Å². The van der Waals surface area contributed by atoms with Crippen LogP contribution in [-0.4, -0.2) is 56.2 Å². The van der Waals surface area contributed by atoms with Crippen molar-refractivity contribution < 1.29 is 4.74 Å². The van der Waals surface area contributed by atoms with Crippen molar-refractivity contribution in [2.75, 3.05) is 25.4 Å². The van der Waals surface area contributed by atoms with Gasteiger partial charge < -0.3 is 4.74 Å². The van der Waals surface area contributed by atoms with Gasteiger partial charge in [0.05, 0.1) is 17.7 Å². The van der Waals surface area contributed by atoms with Gasteiger partial charge in [0.1, 0.15) is 11.4 Å². The first-order valence-electron chi connectivity index (χ1n) is 8.93. The number of benzene rings is 1. The lowest BCUT2D eigenvalue weighted by Gasteiger charge is -2.23. The average molecular weight is 369 g/mol. The van der Waals surface area contributed by atoms with E-state index < -0.39 is 0 Å². The van der Waals surface area contributed by atoms with Crippen LogP contribution in [0.25, 0.3) is 11.0 Å². The van der Waals surface area contributed by atoms with Crippen LogP contribution in [0.5, 0.6) is 0 Å². The normalized spacial score (nSPS) is 18.9. The zero-order valence-electron chi connectivity index (χ0n) is 14.9. The van der Waals surface area contributed by atoms with E-state index in [4.69, 9.17) is 4.74 Å². The van der Waals surface area contributed by atoms with Crippen molar-refractivity contribution in [2.24, 2.45) is 7.05 Å². The summed E-state index contributed by atoms with van der Waals surface area (Å²) in [7, 11) is 1.90. The first-order chi connectivity index (χ1) is 12.8. The molecule has 6 nitrogen and oxygen atoms in total. The van der Waals surface area contributed by atoms with Crippen LogP contribution in [0, 0.1) is 0 Å². The Kier molecular flexibility index (Phi) is 5.48. The Morgan fingerprint density at radius 1 is 1.23 bits per heavy atom. The number of aromatic nitrogens is 4. The van der Waals surface area contributed by atoms with Gasteiger partial charge in [0.15, 0.2) is 5.65 Å². The predicted octanol–water partition coefficient (Wildman–Crippen LogP) is 2.75. The van der Waals surface area contributed by atoms with Gasteiger partial charge in [-0.3, -0.25) is 9.58 Å². The monoisotopic (exact) mass is 369 g/mol. The molecule has 0 bridgehead atoms. The molecule has 7 heteroatoms. The van der Waals surface area contributed by atoms with Gasteiger partial charge in [0, 0.05) is 39.0 Å². The van der Waals surface area contributed by atoms with Crippen LogP contribution >= 0.6 is 11.8 Å². The number of aryl methyl sites for hydroxylation is 1. The van der Waals surface area contributed by atoms with E-state index >= 15 is 0 Å². The number of hydrogen-bond donors (Lipinski definition) is 0. The van der Waals surface area contributed by atoms with Crippen molar-refractivity contribution in [3.63, 3.8) is 0 Å². The molecule has 3 aromatic rings. The summed E-state index contributed by atoms with van der Waals surface area (Å²) >= 11 is 1.73. The van der Waals surface area contributed by atoms with Gasteiger partial charge in [-0.25, -0.2) is 9.97 Å². The van der Waals surface area contributed by atoms with Crippen molar-refractivity contribution in [3.05, 3.63) is 48.4 Å². The van der Waals surface area contributed by atoms with E-state index in [9.17, 15) is 0 Å². The predicted molar refractivity (Wildman–Crippen MR) is 103 cm³/mol. The minimum atomic E-state index is 0.202. The highest BCUT2D eigenvalue weighted by Gasteiger charge is 2.20. The molecular weight excluding hydrogens is 346 g/mol. The van der Waals surface area contributed by atoms with Crippen molar-refractivity contribution >= 4 is 22.8 Å². The van der Waals surface area contributed by atoms with Gasteiger partial charge in [-0.15, -0.1) is 11.8 Å². The SMILES string of the molecule is Cn1ncc2c(SC[C@@H]3CN(Cc4ccccc4)CCCO3)ncnc21. The molecule has 0 radical (unpaired) electrons. The summed E-state index contributed by atoms with van der Waals surface area (Å²) in [5.74, 6) is 0.881. The van der Waals surface area contributed by atoms with E-state index in [1.54, 1.807) is 22.8 Å². The molecular formula is C19H23N5OS. The number of thioether (sulfide) groups is 1. The summed E-state index contributed by atoms with van der Waals surface area (Å²) in [6, 6.07) is 10.6. The van der Waals surface area contributed by atoms with Crippen molar-refractivity contribution in [3.8, 4) is 0 Å². The Morgan fingerprint density at radius 3 is 3.00 bits per heavy atom. The van der Waals surface area contributed by atoms with Crippen LogP contribution < -0.4 is 0 Å². The zero-order valence-corrected chi connectivity index (χ0v) is 15.7. The third-order valence-corrected chi connectivity index (χ3v) is 5.72. The molecule has 26 heavy (non-hydrogen) atoms. The van der Waals surface area contributed by atoms with Gasteiger partial charge in [-0.05, 0) is 12.0 Å². The van der Waals surface area contributed by atoms with Crippen LogP contribution in [0.2, 0.25) is 0 Å². The maximum absolute atomic E-state index is 6.08. The molecule has 2 aromatic heterocycles. The highest BCUT2D eigenvalue weighted by Crippen LogP contribution is 2.25. The molecule has 0 saturated carbocycles. The molecule has 1 aromatic carbocycles. The molecule has 1 fully saturated rings.